The summed E-state index contributed by atoms with van der Waals surface area (Å²) in [6, 6.07) is 0. The van der Waals surface area contributed by atoms with Crippen LogP contribution in [-0.4, -0.2) is 27.8 Å². The van der Waals surface area contributed by atoms with Crippen LogP contribution in [0.3, 0.4) is 0 Å². The zero-order valence-electron chi connectivity index (χ0n) is 27.4. The van der Waals surface area contributed by atoms with Gasteiger partial charge < -0.3 is 21.1 Å². The fraction of sp³-hybridized carbons (Fsp3) is 1.00. The summed E-state index contributed by atoms with van der Waals surface area (Å²) in [6.07, 6.45) is 37.1. The largest absolute Gasteiger partial charge is 0.379 e. The van der Waals surface area contributed by atoms with Crippen LogP contribution >= 0.6 is 0 Å². The highest BCUT2D eigenvalue weighted by molar-refractivity contribution is 4.72. The molecule has 0 saturated heterocycles. The van der Waals surface area contributed by atoms with Crippen LogP contribution in [0, 0.1) is 11.8 Å². The summed E-state index contributed by atoms with van der Waals surface area (Å²) in [6.45, 7) is 4.62. The third-order valence-corrected chi connectivity index (χ3v) is 9.14. The molecule has 3 unspecified atom stereocenters. The van der Waals surface area contributed by atoms with Gasteiger partial charge in [-0.3, -0.25) is 0 Å². The highest BCUT2D eigenvalue weighted by Crippen LogP contribution is 2.33. The normalized spacial score (nSPS) is 14.2. The lowest BCUT2D eigenvalue weighted by Crippen LogP contribution is -2.17. The number of aliphatic hydroxyl groups excluding tert-OH is 2. The molecule has 4 heteroatoms. The lowest BCUT2D eigenvalue weighted by atomic mass is 9.78. The van der Waals surface area contributed by atoms with E-state index in [0.717, 1.165) is 37.5 Å². The van der Waals surface area contributed by atoms with E-state index in [4.69, 9.17) is 15.9 Å². The molecule has 0 aliphatic carbocycles. The molecule has 0 fully saturated rings. The molecule has 0 saturated carbocycles. The number of hydrogen-bond acceptors (Lipinski definition) is 4. The SMILES string of the molecule is CCCCCCCCC(CCCCCCCCC(N)O)C(CCCCCCCC)CCCCCCCCC(O)O. The van der Waals surface area contributed by atoms with E-state index in [0.29, 0.717) is 6.42 Å². The molecule has 0 bridgehead atoms. The van der Waals surface area contributed by atoms with Crippen LogP contribution in [-0.2, 0) is 0 Å². The molecule has 0 aliphatic rings. The number of unbranched alkanes of at least 4 members (excludes halogenated alkanes) is 20. The van der Waals surface area contributed by atoms with Crippen LogP contribution < -0.4 is 5.73 Å². The molecule has 40 heavy (non-hydrogen) atoms. The summed E-state index contributed by atoms with van der Waals surface area (Å²) in [4.78, 5) is 0. The molecule has 3 atom stereocenters. The van der Waals surface area contributed by atoms with Gasteiger partial charge in [-0.1, -0.05) is 181 Å². The van der Waals surface area contributed by atoms with Crippen LogP contribution in [0.5, 0.6) is 0 Å². The fourth-order valence-electron chi connectivity index (χ4n) is 6.51. The smallest absolute Gasteiger partial charge is 0.151 e. The van der Waals surface area contributed by atoms with E-state index in [1.807, 2.05) is 0 Å². The number of hydrogen-bond donors (Lipinski definition) is 4. The van der Waals surface area contributed by atoms with E-state index in [-0.39, 0.29) is 0 Å². The number of nitrogens with two attached hydrogens (primary N) is 1. The molecule has 0 aliphatic heterocycles. The molecule has 0 heterocycles. The van der Waals surface area contributed by atoms with E-state index < -0.39 is 12.5 Å². The molecule has 5 N–H and O–H groups in total. The Hall–Kier alpha value is -0.160. The van der Waals surface area contributed by atoms with Crippen molar-refractivity contribution in [2.45, 2.75) is 219 Å². The van der Waals surface area contributed by atoms with Crippen LogP contribution in [0.4, 0.5) is 0 Å². The minimum Gasteiger partial charge on any atom is -0.379 e. The zero-order chi connectivity index (χ0) is 29.5. The van der Waals surface area contributed by atoms with Gasteiger partial charge in [0.1, 0.15) is 6.23 Å². The van der Waals surface area contributed by atoms with Gasteiger partial charge in [-0.25, -0.2) is 0 Å². The van der Waals surface area contributed by atoms with E-state index in [9.17, 15) is 5.11 Å². The second-order valence-electron chi connectivity index (χ2n) is 13.1. The van der Waals surface area contributed by atoms with Crippen molar-refractivity contribution in [3.63, 3.8) is 0 Å². The van der Waals surface area contributed by atoms with Crippen molar-refractivity contribution >= 4 is 0 Å². The fourth-order valence-corrected chi connectivity index (χ4v) is 6.51. The standard InChI is InChI=1S/C36H75NO3/c1-3-5-7-9-15-21-27-33(29-23-17-11-13-19-25-31-35(37)38)34(28-22-16-10-8-6-4-2)30-24-18-12-14-20-26-32-36(39)40/h33-36,38-40H,3-32,37H2,1-2H3. The van der Waals surface area contributed by atoms with E-state index in [1.165, 1.54) is 161 Å². The summed E-state index contributed by atoms with van der Waals surface area (Å²) in [7, 11) is 0. The lowest BCUT2D eigenvalue weighted by molar-refractivity contribution is -0.0466. The second kappa shape index (κ2) is 31.8. The Balaban J connectivity index is 4.71. The van der Waals surface area contributed by atoms with Crippen molar-refractivity contribution in [1.29, 1.82) is 0 Å². The Morgan fingerprint density at radius 1 is 0.350 bits per heavy atom. The predicted molar refractivity (Wildman–Crippen MR) is 175 cm³/mol. The van der Waals surface area contributed by atoms with Crippen LogP contribution in [0.15, 0.2) is 0 Å². The van der Waals surface area contributed by atoms with Gasteiger partial charge >= 0.3 is 0 Å². The maximum Gasteiger partial charge on any atom is 0.151 e. The molecule has 4 nitrogen and oxygen atoms in total. The Morgan fingerprint density at radius 3 is 0.875 bits per heavy atom. The first-order chi connectivity index (χ1) is 19.5. The third-order valence-electron chi connectivity index (χ3n) is 9.14. The van der Waals surface area contributed by atoms with Crippen molar-refractivity contribution in [3.05, 3.63) is 0 Å². The van der Waals surface area contributed by atoms with Crippen molar-refractivity contribution in [2.75, 3.05) is 0 Å². The minimum absolute atomic E-state index is 0.525. The molecule has 0 amide bonds. The summed E-state index contributed by atoms with van der Waals surface area (Å²) >= 11 is 0. The number of aliphatic hydroxyl groups is 3. The van der Waals surface area contributed by atoms with Gasteiger partial charge in [0.15, 0.2) is 6.29 Å². The van der Waals surface area contributed by atoms with Crippen molar-refractivity contribution in [2.24, 2.45) is 17.6 Å². The maximum atomic E-state index is 9.26. The van der Waals surface area contributed by atoms with Crippen molar-refractivity contribution in [1.82, 2.24) is 0 Å². The van der Waals surface area contributed by atoms with E-state index in [2.05, 4.69) is 13.8 Å². The first-order valence-electron chi connectivity index (χ1n) is 18.3. The molecule has 0 aromatic carbocycles. The first-order valence-corrected chi connectivity index (χ1v) is 18.3. The Morgan fingerprint density at radius 2 is 0.600 bits per heavy atom. The first kappa shape index (κ1) is 39.8. The van der Waals surface area contributed by atoms with Gasteiger partial charge in [-0.2, -0.15) is 0 Å². The van der Waals surface area contributed by atoms with Crippen LogP contribution in [0.25, 0.3) is 0 Å². The molecule has 0 aromatic heterocycles. The molecule has 242 valence electrons. The lowest BCUT2D eigenvalue weighted by Gasteiger charge is -2.28. The predicted octanol–water partition coefficient (Wildman–Crippen LogP) is 10.5. The van der Waals surface area contributed by atoms with Crippen LogP contribution in [0.2, 0.25) is 0 Å². The molecule has 0 radical (unpaired) electrons. The van der Waals surface area contributed by atoms with Crippen molar-refractivity contribution < 1.29 is 15.3 Å². The Bertz CT molecular complexity index is 429. The summed E-state index contributed by atoms with van der Waals surface area (Å²) in [5.41, 5.74) is 5.47. The van der Waals surface area contributed by atoms with E-state index >= 15 is 0 Å². The highest BCUT2D eigenvalue weighted by Gasteiger charge is 2.20. The van der Waals surface area contributed by atoms with Gasteiger partial charge in [-0.05, 0) is 37.5 Å². The van der Waals surface area contributed by atoms with Gasteiger partial charge in [0, 0.05) is 0 Å². The second-order valence-corrected chi connectivity index (χ2v) is 13.1. The van der Waals surface area contributed by atoms with Gasteiger partial charge in [0.2, 0.25) is 0 Å². The minimum atomic E-state index is -1.13. The number of rotatable bonds is 33. The topological polar surface area (TPSA) is 86.7 Å². The van der Waals surface area contributed by atoms with Crippen molar-refractivity contribution in [3.8, 4) is 0 Å². The zero-order valence-corrected chi connectivity index (χ0v) is 27.4. The summed E-state index contributed by atoms with van der Waals surface area (Å²) in [5, 5.41) is 27.3. The van der Waals surface area contributed by atoms with Gasteiger partial charge in [0.05, 0.1) is 0 Å². The van der Waals surface area contributed by atoms with Gasteiger partial charge in [-0.15, -0.1) is 0 Å². The molecule has 0 rings (SSSR count). The molecular weight excluding hydrogens is 494 g/mol. The summed E-state index contributed by atoms with van der Waals surface area (Å²) in [5.74, 6) is 1.83. The Kier molecular flexibility index (Phi) is 31.6. The average molecular weight is 570 g/mol. The molecular formula is C36H75NO3. The molecule has 0 aromatic rings. The van der Waals surface area contributed by atoms with E-state index in [1.54, 1.807) is 0 Å². The molecule has 0 spiro atoms. The van der Waals surface area contributed by atoms with Gasteiger partial charge in [0.25, 0.3) is 0 Å². The third kappa shape index (κ3) is 29.3. The monoisotopic (exact) mass is 570 g/mol. The van der Waals surface area contributed by atoms with Crippen LogP contribution in [0.1, 0.15) is 206 Å². The average Bonchev–Trinajstić information content (AvgIpc) is 2.92. The quantitative estimate of drug-likeness (QED) is 0.0467. The summed E-state index contributed by atoms with van der Waals surface area (Å²) < 4.78 is 0. The highest BCUT2D eigenvalue weighted by atomic mass is 16.5. The Labute approximate surface area is 251 Å². The maximum absolute atomic E-state index is 9.26.